The fourth-order valence-corrected chi connectivity index (χ4v) is 1.43. The summed E-state index contributed by atoms with van der Waals surface area (Å²) >= 11 is 0. The van der Waals surface area contributed by atoms with Crippen molar-refractivity contribution in [1.29, 1.82) is 0 Å². The van der Waals surface area contributed by atoms with E-state index in [9.17, 15) is 4.79 Å². The molecular formula is C9H14N4O. The van der Waals surface area contributed by atoms with Crippen LogP contribution in [0.3, 0.4) is 0 Å². The van der Waals surface area contributed by atoms with Crippen molar-refractivity contribution >= 4 is 5.91 Å². The van der Waals surface area contributed by atoms with Gasteiger partial charge >= 0.3 is 0 Å². The largest absolute Gasteiger partial charge is 0.347 e. The summed E-state index contributed by atoms with van der Waals surface area (Å²) in [7, 11) is 0. The summed E-state index contributed by atoms with van der Waals surface area (Å²) in [5.41, 5.74) is 0. The Labute approximate surface area is 82.3 Å². The number of nitrogens with one attached hydrogen (secondary N) is 2. The molecule has 0 aromatic carbocycles. The van der Waals surface area contributed by atoms with Crippen molar-refractivity contribution in [1.82, 2.24) is 20.5 Å². The Bertz CT molecular complexity index is 342. The van der Waals surface area contributed by atoms with Crippen LogP contribution in [0.1, 0.15) is 36.2 Å². The topological polar surface area (TPSA) is 70.7 Å². The highest BCUT2D eigenvalue weighted by Crippen LogP contribution is 2.32. The highest BCUT2D eigenvalue weighted by atomic mass is 16.2. The maximum Gasteiger partial charge on any atom is 0.291 e. The van der Waals surface area contributed by atoms with Crippen LogP contribution in [0.25, 0.3) is 0 Å². The van der Waals surface area contributed by atoms with Crippen molar-refractivity contribution < 1.29 is 4.79 Å². The summed E-state index contributed by atoms with van der Waals surface area (Å²) in [5.74, 6) is 1.36. The number of nitrogens with zero attached hydrogens (tertiary/aromatic N) is 2. The molecule has 0 radical (unpaired) electrons. The fourth-order valence-electron chi connectivity index (χ4n) is 1.43. The zero-order valence-corrected chi connectivity index (χ0v) is 8.37. The fraction of sp³-hybridized carbons (Fsp3) is 0.667. The summed E-state index contributed by atoms with van der Waals surface area (Å²) < 4.78 is 0. The molecule has 0 spiro atoms. The van der Waals surface area contributed by atoms with Crippen LogP contribution < -0.4 is 5.32 Å². The van der Waals surface area contributed by atoms with Crippen molar-refractivity contribution in [2.45, 2.75) is 32.7 Å². The quantitative estimate of drug-likeness (QED) is 0.741. The second-order valence-electron chi connectivity index (χ2n) is 3.84. The molecule has 14 heavy (non-hydrogen) atoms. The first-order valence-corrected chi connectivity index (χ1v) is 4.86. The lowest BCUT2D eigenvalue weighted by atomic mass is 10.2. The first kappa shape index (κ1) is 9.18. The minimum absolute atomic E-state index is 0.186. The molecule has 2 N–H and O–H groups in total. The average Bonchev–Trinajstić information content (AvgIpc) is 2.89. The summed E-state index contributed by atoms with van der Waals surface area (Å²) in [6.07, 6.45) is 2.43. The molecule has 76 valence electrons. The first-order chi connectivity index (χ1) is 6.66. The Morgan fingerprint density at radius 3 is 2.86 bits per heavy atom. The maximum atomic E-state index is 11.5. The molecule has 1 fully saturated rings. The van der Waals surface area contributed by atoms with Crippen molar-refractivity contribution in [3.8, 4) is 0 Å². The van der Waals surface area contributed by atoms with Crippen molar-refractivity contribution in [2.75, 3.05) is 0 Å². The molecule has 2 rings (SSSR count). The minimum Gasteiger partial charge on any atom is -0.347 e. The molecule has 1 aromatic heterocycles. The van der Waals surface area contributed by atoms with E-state index < -0.39 is 0 Å². The molecule has 0 saturated heterocycles. The molecule has 1 saturated carbocycles. The number of hydrogen-bond acceptors (Lipinski definition) is 3. The lowest BCUT2D eigenvalue weighted by molar-refractivity contribution is 0.0925. The number of aromatic amines is 1. The lowest BCUT2D eigenvalue weighted by Crippen LogP contribution is -2.34. The smallest absolute Gasteiger partial charge is 0.291 e. The van der Waals surface area contributed by atoms with Crippen molar-refractivity contribution in [3.05, 3.63) is 11.6 Å². The third-order valence-corrected chi connectivity index (χ3v) is 2.49. The number of aromatic nitrogens is 3. The molecule has 5 nitrogen and oxygen atoms in total. The Morgan fingerprint density at radius 2 is 2.36 bits per heavy atom. The summed E-state index contributed by atoms with van der Waals surface area (Å²) in [4.78, 5) is 15.5. The van der Waals surface area contributed by atoms with Gasteiger partial charge in [0.15, 0.2) is 0 Å². The van der Waals surface area contributed by atoms with Gasteiger partial charge in [-0.25, -0.2) is 4.98 Å². The van der Waals surface area contributed by atoms with E-state index in [2.05, 4.69) is 20.5 Å². The second kappa shape index (κ2) is 3.40. The summed E-state index contributed by atoms with van der Waals surface area (Å²) in [6.45, 7) is 3.79. The zero-order valence-electron chi connectivity index (χ0n) is 8.37. The molecule has 1 aromatic rings. The molecule has 0 bridgehead atoms. The zero-order chi connectivity index (χ0) is 10.1. The number of carbonyl (C=O) groups is 1. The van der Waals surface area contributed by atoms with Crippen molar-refractivity contribution in [3.63, 3.8) is 0 Å². The molecule has 1 aliphatic rings. The van der Waals surface area contributed by atoms with E-state index in [1.54, 1.807) is 6.92 Å². The molecule has 5 heteroatoms. The molecule has 1 atom stereocenters. The number of carbonyl (C=O) groups excluding carboxylic acids is 1. The third kappa shape index (κ3) is 1.92. The van der Waals surface area contributed by atoms with Gasteiger partial charge in [-0.1, -0.05) is 0 Å². The first-order valence-electron chi connectivity index (χ1n) is 4.86. The van der Waals surface area contributed by atoms with E-state index >= 15 is 0 Å². The summed E-state index contributed by atoms with van der Waals surface area (Å²) in [6, 6.07) is 0.237. The van der Waals surface area contributed by atoms with Crippen LogP contribution in [-0.4, -0.2) is 27.1 Å². The van der Waals surface area contributed by atoms with E-state index in [-0.39, 0.29) is 17.8 Å². The predicted molar refractivity (Wildman–Crippen MR) is 50.8 cm³/mol. The van der Waals surface area contributed by atoms with Crippen molar-refractivity contribution in [2.24, 2.45) is 5.92 Å². The molecule has 1 aliphatic carbocycles. The lowest BCUT2D eigenvalue weighted by Gasteiger charge is -2.10. The monoisotopic (exact) mass is 194 g/mol. The average molecular weight is 194 g/mol. The van der Waals surface area contributed by atoms with E-state index in [0.717, 1.165) is 0 Å². The Balaban J connectivity index is 1.94. The molecule has 1 amide bonds. The molecular weight excluding hydrogens is 180 g/mol. The van der Waals surface area contributed by atoms with Gasteiger partial charge in [0, 0.05) is 6.04 Å². The van der Waals surface area contributed by atoms with Crippen LogP contribution >= 0.6 is 0 Å². The number of aryl methyl sites for hydroxylation is 1. The van der Waals surface area contributed by atoms with Gasteiger partial charge in [0.2, 0.25) is 5.82 Å². The normalized spacial score (nSPS) is 17.9. The standard InChI is InChI=1S/C9H14N4O/c1-5(7-3-4-7)10-9(14)8-11-6(2)12-13-8/h5,7H,3-4H2,1-2H3,(H,10,14)(H,11,12,13). The van der Waals surface area contributed by atoms with Gasteiger partial charge in [-0.05, 0) is 32.6 Å². The number of rotatable bonds is 3. The number of hydrogen-bond donors (Lipinski definition) is 2. The Hall–Kier alpha value is -1.39. The van der Waals surface area contributed by atoms with Crippen LogP contribution in [0.5, 0.6) is 0 Å². The Morgan fingerprint density at radius 1 is 1.64 bits per heavy atom. The van der Waals surface area contributed by atoms with Crippen LogP contribution in [-0.2, 0) is 0 Å². The van der Waals surface area contributed by atoms with Crippen LogP contribution in [0.15, 0.2) is 0 Å². The SMILES string of the molecule is Cc1nc(C(=O)NC(C)C2CC2)n[nH]1. The molecule has 1 unspecified atom stereocenters. The van der Waals surface area contributed by atoms with E-state index in [0.29, 0.717) is 11.7 Å². The second-order valence-corrected chi connectivity index (χ2v) is 3.84. The van der Waals surface area contributed by atoms with Gasteiger partial charge in [-0.3, -0.25) is 9.89 Å². The van der Waals surface area contributed by atoms with E-state index in [1.807, 2.05) is 6.92 Å². The van der Waals surface area contributed by atoms with Crippen LogP contribution in [0.2, 0.25) is 0 Å². The maximum absolute atomic E-state index is 11.5. The van der Waals surface area contributed by atoms with Crippen LogP contribution in [0, 0.1) is 12.8 Å². The minimum atomic E-state index is -0.186. The summed E-state index contributed by atoms with van der Waals surface area (Å²) in [5, 5.41) is 9.33. The molecule has 1 heterocycles. The van der Waals surface area contributed by atoms with E-state index in [4.69, 9.17) is 0 Å². The number of H-pyrrole nitrogens is 1. The van der Waals surface area contributed by atoms with Gasteiger partial charge in [-0.2, -0.15) is 0 Å². The Kier molecular flexibility index (Phi) is 2.23. The number of amides is 1. The van der Waals surface area contributed by atoms with Gasteiger partial charge in [-0.15, -0.1) is 5.10 Å². The highest BCUT2D eigenvalue weighted by molar-refractivity contribution is 5.90. The highest BCUT2D eigenvalue weighted by Gasteiger charge is 2.29. The van der Waals surface area contributed by atoms with Gasteiger partial charge in [0.1, 0.15) is 5.82 Å². The third-order valence-electron chi connectivity index (χ3n) is 2.49. The predicted octanol–water partition coefficient (Wildman–Crippen LogP) is 0.641. The van der Waals surface area contributed by atoms with Gasteiger partial charge in [0.25, 0.3) is 5.91 Å². The van der Waals surface area contributed by atoms with Crippen LogP contribution in [0.4, 0.5) is 0 Å². The van der Waals surface area contributed by atoms with Gasteiger partial charge in [0.05, 0.1) is 0 Å². The van der Waals surface area contributed by atoms with Gasteiger partial charge < -0.3 is 5.32 Å². The van der Waals surface area contributed by atoms with E-state index in [1.165, 1.54) is 12.8 Å². The molecule has 0 aliphatic heterocycles.